The number of hydrogen-bond donors (Lipinski definition) is 0. The second-order valence-electron chi connectivity index (χ2n) is 3.66. The normalized spacial score (nSPS) is 10.3. The van der Waals surface area contributed by atoms with Gasteiger partial charge < -0.3 is 0 Å². The Morgan fingerprint density at radius 1 is 1.33 bits per heavy atom. The van der Waals surface area contributed by atoms with E-state index in [1.807, 2.05) is 31.2 Å². The molecule has 0 saturated heterocycles. The van der Waals surface area contributed by atoms with E-state index in [9.17, 15) is 10.1 Å². The number of nitrogens with zero attached hydrogens (tertiary/aromatic N) is 2. The highest BCUT2D eigenvalue weighted by Gasteiger charge is 2.11. The number of hydrogen-bond acceptors (Lipinski definition) is 4. The van der Waals surface area contributed by atoms with E-state index < -0.39 is 4.92 Å². The van der Waals surface area contributed by atoms with Gasteiger partial charge >= 0.3 is 0 Å². The predicted octanol–water partition coefficient (Wildman–Crippen LogP) is 4.10. The van der Waals surface area contributed by atoms with Gasteiger partial charge in [-0.2, -0.15) is 0 Å². The van der Waals surface area contributed by atoms with E-state index in [0.29, 0.717) is 5.03 Å². The molecule has 0 amide bonds. The highest BCUT2D eigenvalue weighted by molar-refractivity contribution is 7.99. The van der Waals surface area contributed by atoms with Crippen molar-refractivity contribution in [2.75, 3.05) is 0 Å². The van der Waals surface area contributed by atoms with Gasteiger partial charge in [0.2, 0.25) is 0 Å². The number of benzene rings is 1. The zero-order valence-corrected chi connectivity index (χ0v) is 11.0. The fraction of sp³-hybridized carbons (Fsp3) is 0.0833. The lowest BCUT2D eigenvalue weighted by molar-refractivity contribution is -0.385. The first-order chi connectivity index (χ1) is 8.54. The second kappa shape index (κ2) is 5.37. The number of pyridine rings is 1. The number of rotatable bonds is 3. The van der Waals surface area contributed by atoms with Gasteiger partial charge in [-0.1, -0.05) is 41.1 Å². The largest absolute Gasteiger partial charge is 0.275 e. The van der Waals surface area contributed by atoms with Crippen LogP contribution < -0.4 is 0 Å². The molecule has 0 aliphatic carbocycles. The third-order valence-corrected chi connectivity index (χ3v) is 3.28. The molecule has 0 radical (unpaired) electrons. The Morgan fingerprint density at radius 3 is 2.78 bits per heavy atom. The van der Waals surface area contributed by atoms with Crippen molar-refractivity contribution in [2.45, 2.75) is 16.8 Å². The first-order valence-electron chi connectivity index (χ1n) is 5.11. The van der Waals surface area contributed by atoms with Crippen molar-refractivity contribution < 1.29 is 4.92 Å². The topological polar surface area (TPSA) is 56.0 Å². The van der Waals surface area contributed by atoms with E-state index in [2.05, 4.69) is 4.98 Å². The van der Waals surface area contributed by atoms with Gasteiger partial charge in [0.25, 0.3) is 5.69 Å². The molecule has 0 atom stereocenters. The van der Waals surface area contributed by atoms with Gasteiger partial charge in [0.15, 0.2) is 0 Å². The van der Waals surface area contributed by atoms with E-state index in [1.165, 1.54) is 23.9 Å². The molecule has 0 spiro atoms. The molecule has 2 aromatic rings. The fourth-order valence-corrected chi connectivity index (χ4v) is 2.63. The van der Waals surface area contributed by atoms with Crippen LogP contribution in [0.3, 0.4) is 0 Å². The molecule has 0 unspecified atom stereocenters. The molecule has 0 fully saturated rings. The second-order valence-corrected chi connectivity index (χ2v) is 5.14. The maximum absolute atomic E-state index is 10.7. The standard InChI is InChI=1S/C12H9ClN2O2S/c1-8-3-2-4-10(5-8)18-12-7-9(15(16)17)6-11(13)14-12/h2-7H,1H3. The van der Waals surface area contributed by atoms with Crippen molar-refractivity contribution >= 4 is 29.1 Å². The van der Waals surface area contributed by atoms with Crippen LogP contribution in [0.25, 0.3) is 0 Å². The highest BCUT2D eigenvalue weighted by atomic mass is 35.5. The first kappa shape index (κ1) is 12.9. The molecule has 92 valence electrons. The van der Waals surface area contributed by atoms with Crippen molar-refractivity contribution in [3.8, 4) is 0 Å². The van der Waals surface area contributed by atoms with Gasteiger partial charge in [-0.15, -0.1) is 0 Å². The zero-order chi connectivity index (χ0) is 13.1. The van der Waals surface area contributed by atoms with Crippen molar-refractivity contribution in [1.29, 1.82) is 0 Å². The summed E-state index contributed by atoms with van der Waals surface area (Å²) in [6.07, 6.45) is 0. The lowest BCUT2D eigenvalue weighted by Crippen LogP contribution is -1.90. The number of aromatic nitrogens is 1. The maximum atomic E-state index is 10.7. The summed E-state index contributed by atoms with van der Waals surface area (Å²) in [5, 5.41) is 11.4. The minimum atomic E-state index is -0.478. The lowest BCUT2D eigenvalue weighted by atomic mass is 10.2. The summed E-state index contributed by atoms with van der Waals surface area (Å²) in [5.41, 5.74) is 1.07. The van der Waals surface area contributed by atoms with E-state index in [-0.39, 0.29) is 10.8 Å². The third kappa shape index (κ3) is 3.21. The van der Waals surface area contributed by atoms with Crippen LogP contribution in [0.2, 0.25) is 5.15 Å². The van der Waals surface area contributed by atoms with Crippen LogP contribution in [-0.2, 0) is 0 Å². The SMILES string of the molecule is Cc1cccc(Sc2cc([N+](=O)[O-])cc(Cl)n2)c1. The van der Waals surface area contributed by atoms with E-state index >= 15 is 0 Å². The fourth-order valence-electron chi connectivity index (χ4n) is 1.42. The average molecular weight is 281 g/mol. The molecule has 0 aliphatic rings. The molecular formula is C12H9ClN2O2S. The number of nitro groups is 1. The monoisotopic (exact) mass is 280 g/mol. The summed E-state index contributed by atoms with van der Waals surface area (Å²) >= 11 is 7.11. The molecule has 1 heterocycles. The molecular weight excluding hydrogens is 272 g/mol. The molecule has 1 aromatic carbocycles. The van der Waals surface area contributed by atoms with E-state index in [0.717, 1.165) is 10.5 Å². The van der Waals surface area contributed by atoms with Gasteiger partial charge in [-0.05, 0) is 19.1 Å². The predicted molar refractivity (Wildman–Crippen MR) is 71.2 cm³/mol. The number of aryl methyl sites for hydroxylation is 1. The summed E-state index contributed by atoms with van der Waals surface area (Å²) in [6.45, 7) is 1.98. The molecule has 18 heavy (non-hydrogen) atoms. The summed E-state index contributed by atoms with van der Waals surface area (Å²) in [7, 11) is 0. The number of halogens is 1. The van der Waals surface area contributed by atoms with Crippen molar-refractivity contribution in [2.24, 2.45) is 0 Å². The van der Waals surface area contributed by atoms with Crippen LogP contribution in [0.1, 0.15) is 5.56 Å². The Morgan fingerprint density at radius 2 is 2.11 bits per heavy atom. The highest BCUT2D eigenvalue weighted by Crippen LogP contribution is 2.30. The van der Waals surface area contributed by atoms with Crippen LogP contribution in [0.5, 0.6) is 0 Å². The Kier molecular flexibility index (Phi) is 3.84. The molecule has 6 heteroatoms. The van der Waals surface area contributed by atoms with Gasteiger partial charge in [0, 0.05) is 11.0 Å². The average Bonchev–Trinajstić information content (AvgIpc) is 2.28. The minimum absolute atomic E-state index is 0.0508. The molecule has 2 rings (SSSR count). The Labute approximate surface area is 113 Å². The summed E-state index contributed by atoms with van der Waals surface area (Å²) in [4.78, 5) is 15.3. The summed E-state index contributed by atoms with van der Waals surface area (Å²) < 4.78 is 0. The molecule has 0 saturated carbocycles. The maximum Gasteiger partial charge on any atom is 0.275 e. The molecule has 1 aromatic heterocycles. The van der Waals surface area contributed by atoms with E-state index in [1.54, 1.807) is 0 Å². The smallest absolute Gasteiger partial charge is 0.258 e. The van der Waals surface area contributed by atoms with Crippen molar-refractivity contribution in [1.82, 2.24) is 4.98 Å². The zero-order valence-electron chi connectivity index (χ0n) is 9.46. The Bertz CT molecular complexity index is 604. The van der Waals surface area contributed by atoms with Crippen LogP contribution in [0.15, 0.2) is 46.3 Å². The quantitative estimate of drug-likeness (QED) is 0.482. The Hall–Kier alpha value is -1.59. The van der Waals surface area contributed by atoms with Crippen molar-refractivity contribution in [3.63, 3.8) is 0 Å². The Balaban J connectivity index is 2.31. The van der Waals surface area contributed by atoms with E-state index in [4.69, 9.17) is 11.6 Å². The summed E-state index contributed by atoms with van der Waals surface area (Å²) in [5.74, 6) is 0. The van der Waals surface area contributed by atoms with Crippen LogP contribution in [0, 0.1) is 17.0 Å². The lowest BCUT2D eigenvalue weighted by Gasteiger charge is -2.02. The van der Waals surface area contributed by atoms with Gasteiger partial charge in [0.05, 0.1) is 11.0 Å². The minimum Gasteiger partial charge on any atom is -0.258 e. The van der Waals surface area contributed by atoms with Gasteiger partial charge in [-0.3, -0.25) is 10.1 Å². The van der Waals surface area contributed by atoms with Crippen LogP contribution >= 0.6 is 23.4 Å². The molecule has 0 bridgehead atoms. The third-order valence-electron chi connectivity index (χ3n) is 2.18. The first-order valence-corrected chi connectivity index (χ1v) is 6.30. The van der Waals surface area contributed by atoms with Crippen LogP contribution in [-0.4, -0.2) is 9.91 Å². The van der Waals surface area contributed by atoms with Crippen LogP contribution in [0.4, 0.5) is 5.69 Å². The molecule has 0 N–H and O–H groups in total. The molecule has 0 aliphatic heterocycles. The van der Waals surface area contributed by atoms with Gasteiger partial charge in [0.1, 0.15) is 10.2 Å². The van der Waals surface area contributed by atoms with Crippen molar-refractivity contribution in [3.05, 3.63) is 57.2 Å². The molecule has 4 nitrogen and oxygen atoms in total. The van der Waals surface area contributed by atoms with Gasteiger partial charge in [-0.25, -0.2) is 4.98 Å². The summed E-state index contributed by atoms with van der Waals surface area (Å²) in [6, 6.07) is 10.5.